The van der Waals surface area contributed by atoms with Crippen LogP contribution in [0.5, 0.6) is 0 Å². The zero-order chi connectivity index (χ0) is 12.7. The average Bonchev–Trinajstić information content (AvgIpc) is 2.30. The molecule has 1 aromatic carbocycles. The van der Waals surface area contributed by atoms with Gasteiger partial charge < -0.3 is 15.5 Å². The second-order valence-corrected chi connectivity index (χ2v) is 4.78. The highest BCUT2D eigenvalue weighted by Gasteiger charge is 2.07. The Labute approximate surface area is 107 Å². The van der Waals surface area contributed by atoms with Crippen molar-refractivity contribution in [3.05, 3.63) is 34.9 Å². The van der Waals surface area contributed by atoms with Crippen LogP contribution in [-0.2, 0) is 0 Å². The van der Waals surface area contributed by atoms with Crippen molar-refractivity contribution in [1.29, 1.82) is 0 Å². The lowest BCUT2D eigenvalue weighted by Crippen LogP contribution is -2.26. The predicted molar refractivity (Wildman–Crippen MR) is 70.1 cm³/mol. The lowest BCUT2D eigenvalue weighted by atomic mass is 10.1. The maximum atomic E-state index is 9.90. The Balaban J connectivity index is 2.29. The molecule has 0 spiro atoms. The van der Waals surface area contributed by atoms with Crippen LogP contribution < -0.4 is 5.32 Å². The van der Waals surface area contributed by atoms with Gasteiger partial charge in [-0.3, -0.25) is 0 Å². The first-order chi connectivity index (χ1) is 8.13. The molecule has 0 aliphatic rings. The Kier molecular flexibility index (Phi) is 6.52. The van der Waals surface area contributed by atoms with Gasteiger partial charge in [0.05, 0.1) is 6.10 Å². The Morgan fingerprint density at radius 2 is 1.88 bits per heavy atom. The largest absolute Gasteiger partial charge is 0.396 e. The molecule has 3 N–H and O–H groups in total. The first kappa shape index (κ1) is 14.5. The van der Waals surface area contributed by atoms with Crippen molar-refractivity contribution in [1.82, 2.24) is 5.32 Å². The lowest BCUT2D eigenvalue weighted by molar-refractivity contribution is 0.171. The van der Waals surface area contributed by atoms with Gasteiger partial charge in [0, 0.05) is 18.2 Å². The number of aliphatic hydroxyl groups excluding tert-OH is 2. The first-order valence-corrected chi connectivity index (χ1v) is 6.26. The minimum atomic E-state index is -0.520. The maximum absolute atomic E-state index is 9.90. The van der Waals surface area contributed by atoms with E-state index in [2.05, 4.69) is 12.2 Å². The smallest absolute Gasteiger partial charge is 0.0914 e. The van der Waals surface area contributed by atoms with Gasteiger partial charge in [0.2, 0.25) is 0 Å². The molecule has 17 heavy (non-hydrogen) atoms. The van der Waals surface area contributed by atoms with Crippen molar-refractivity contribution in [2.45, 2.75) is 19.4 Å². The third-order valence-electron chi connectivity index (χ3n) is 2.71. The van der Waals surface area contributed by atoms with E-state index in [4.69, 9.17) is 16.7 Å². The highest BCUT2D eigenvalue weighted by atomic mass is 35.5. The SMILES string of the molecule is CC(CCO)CNCC(O)c1ccc(Cl)cc1. The van der Waals surface area contributed by atoms with Crippen LogP contribution in [0.15, 0.2) is 24.3 Å². The van der Waals surface area contributed by atoms with Crippen LogP contribution in [0.25, 0.3) is 0 Å². The normalized spacial score (nSPS) is 14.6. The van der Waals surface area contributed by atoms with Crippen molar-refractivity contribution >= 4 is 11.6 Å². The van der Waals surface area contributed by atoms with E-state index in [-0.39, 0.29) is 6.61 Å². The second-order valence-electron chi connectivity index (χ2n) is 4.34. The third-order valence-corrected chi connectivity index (χ3v) is 2.96. The van der Waals surface area contributed by atoms with Crippen molar-refractivity contribution < 1.29 is 10.2 Å². The fourth-order valence-electron chi connectivity index (χ4n) is 1.59. The van der Waals surface area contributed by atoms with Gasteiger partial charge >= 0.3 is 0 Å². The molecule has 4 heteroatoms. The molecule has 0 amide bonds. The summed E-state index contributed by atoms with van der Waals surface area (Å²) >= 11 is 5.78. The molecule has 0 aromatic heterocycles. The molecule has 3 nitrogen and oxygen atoms in total. The molecule has 1 aromatic rings. The van der Waals surface area contributed by atoms with E-state index < -0.39 is 6.10 Å². The van der Waals surface area contributed by atoms with Gasteiger partial charge in [0.1, 0.15) is 0 Å². The Bertz CT molecular complexity index is 316. The lowest BCUT2D eigenvalue weighted by Gasteiger charge is -2.15. The van der Waals surface area contributed by atoms with Gasteiger partial charge in [0.15, 0.2) is 0 Å². The quantitative estimate of drug-likeness (QED) is 0.700. The standard InChI is InChI=1S/C13H20ClNO2/c1-10(6-7-16)8-15-9-13(17)11-2-4-12(14)5-3-11/h2-5,10,13,15-17H,6-9H2,1H3. The second kappa shape index (κ2) is 7.67. The van der Waals surface area contributed by atoms with E-state index in [1.807, 2.05) is 12.1 Å². The van der Waals surface area contributed by atoms with Gasteiger partial charge in [0.25, 0.3) is 0 Å². The summed E-state index contributed by atoms with van der Waals surface area (Å²) in [6, 6.07) is 7.20. The Morgan fingerprint density at radius 3 is 2.47 bits per heavy atom. The summed E-state index contributed by atoms with van der Waals surface area (Å²) < 4.78 is 0. The van der Waals surface area contributed by atoms with E-state index in [0.717, 1.165) is 18.5 Å². The van der Waals surface area contributed by atoms with Gasteiger partial charge in [-0.2, -0.15) is 0 Å². The van der Waals surface area contributed by atoms with Crippen LogP contribution in [0.4, 0.5) is 0 Å². The minimum absolute atomic E-state index is 0.211. The predicted octanol–water partition coefficient (Wildman–Crippen LogP) is 1.98. The molecule has 0 bridgehead atoms. The van der Waals surface area contributed by atoms with E-state index >= 15 is 0 Å². The third kappa shape index (κ3) is 5.50. The molecule has 2 unspecified atom stereocenters. The van der Waals surface area contributed by atoms with E-state index in [1.165, 1.54) is 0 Å². The molecular weight excluding hydrogens is 238 g/mol. The summed E-state index contributed by atoms with van der Waals surface area (Å²) in [6.07, 6.45) is 0.262. The molecule has 0 heterocycles. The number of nitrogens with one attached hydrogen (secondary N) is 1. The molecular formula is C13H20ClNO2. The van der Waals surface area contributed by atoms with Gasteiger partial charge in [-0.1, -0.05) is 30.7 Å². The maximum Gasteiger partial charge on any atom is 0.0914 e. The van der Waals surface area contributed by atoms with Crippen LogP contribution in [0.2, 0.25) is 5.02 Å². The van der Waals surface area contributed by atoms with Crippen molar-refractivity contribution in [3.8, 4) is 0 Å². The molecule has 0 saturated carbocycles. The van der Waals surface area contributed by atoms with Gasteiger partial charge in [-0.15, -0.1) is 0 Å². The molecule has 96 valence electrons. The highest BCUT2D eigenvalue weighted by molar-refractivity contribution is 6.30. The van der Waals surface area contributed by atoms with Crippen molar-refractivity contribution in [2.75, 3.05) is 19.7 Å². The number of hydrogen-bond donors (Lipinski definition) is 3. The fourth-order valence-corrected chi connectivity index (χ4v) is 1.72. The van der Waals surface area contributed by atoms with E-state index in [9.17, 15) is 5.11 Å². The summed E-state index contributed by atoms with van der Waals surface area (Å²) in [5.41, 5.74) is 0.858. The Morgan fingerprint density at radius 1 is 1.24 bits per heavy atom. The van der Waals surface area contributed by atoms with Crippen molar-refractivity contribution in [2.24, 2.45) is 5.92 Å². The van der Waals surface area contributed by atoms with Crippen LogP contribution in [-0.4, -0.2) is 29.9 Å². The number of halogens is 1. The number of hydrogen-bond acceptors (Lipinski definition) is 3. The average molecular weight is 258 g/mol. The van der Waals surface area contributed by atoms with Crippen molar-refractivity contribution in [3.63, 3.8) is 0 Å². The van der Waals surface area contributed by atoms with Crippen LogP contribution >= 0.6 is 11.6 Å². The van der Waals surface area contributed by atoms with Crippen LogP contribution in [0.1, 0.15) is 25.0 Å². The molecule has 0 saturated heterocycles. The number of rotatable bonds is 7. The monoisotopic (exact) mass is 257 g/mol. The summed E-state index contributed by atoms with van der Waals surface area (Å²) in [6.45, 7) is 3.59. The topological polar surface area (TPSA) is 52.5 Å². The van der Waals surface area contributed by atoms with Crippen LogP contribution in [0.3, 0.4) is 0 Å². The van der Waals surface area contributed by atoms with Gasteiger partial charge in [-0.25, -0.2) is 0 Å². The summed E-state index contributed by atoms with van der Waals surface area (Å²) in [5.74, 6) is 0.414. The number of benzene rings is 1. The molecule has 0 aliphatic carbocycles. The first-order valence-electron chi connectivity index (χ1n) is 5.88. The summed E-state index contributed by atoms with van der Waals surface area (Å²) in [5, 5.41) is 22.5. The summed E-state index contributed by atoms with van der Waals surface area (Å²) in [4.78, 5) is 0. The molecule has 0 fully saturated rings. The molecule has 2 atom stereocenters. The van der Waals surface area contributed by atoms with Crippen LogP contribution in [0, 0.1) is 5.92 Å². The Hall–Kier alpha value is -0.610. The molecule has 0 aliphatic heterocycles. The molecule has 0 radical (unpaired) electrons. The van der Waals surface area contributed by atoms with Gasteiger partial charge in [-0.05, 0) is 36.6 Å². The minimum Gasteiger partial charge on any atom is -0.396 e. The number of aliphatic hydroxyl groups is 2. The van der Waals surface area contributed by atoms with E-state index in [0.29, 0.717) is 17.5 Å². The summed E-state index contributed by atoms with van der Waals surface area (Å²) in [7, 11) is 0. The van der Waals surface area contributed by atoms with E-state index in [1.54, 1.807) is 12.1 Å². The highest BCUT2D eigenvalue weighted by Crippen LogP contribution is 2.15. The fraction of sp³-hybridized carbons (Fsp3) is 0.538. The molecule has 1 rings (SSSR count). The zero-order valence-electron chi connectivity index (χ0n) is 10.1. The zero-order valence-corrected chi connectivity index (χ0v) is 10.8.